The molecule has 3 N–H and O–H groups in total. The van der Waals surface area contributed by atoms with Crippen LogP contribution in [0.4, 0.5) is 5.00 Å². The molecule has 0 saturated carbocycles. The predicted octanol–water partition coefficient (Wildman–Crippen LogP) is 2.13. The summed E-state index contributed by atoms with van der Waals surface area (Å²) >= 11 is 1.17. The molecule has 2 heterocycles. The topological polar surface area (TPSA) is 103 Å². The number of esters is 1. The van der Waals surface area contributed by atoms with Gasteiger partial charge >= 0.3 is 5.97 Å². The fourth-order valence-corrected chi connectivity index (χ4v) is 3.28. The number of benzene rings is 1. The molecule has 7 nitrogen and oxygen atoms in total. The van der Waals surface area contributed by atoms with E-state index >= 15 is 0 Å². The number of aromatic nitrogens is 1. The molecule has 0 saturated heterocycles. The Morgan fingerprint density at radius 2 is 1.96 bits per heavy atom. The van der Waals surface area contributed by atoms with Crippen LogP contribution in [-0.2, 0) is 16.6 Å². The number of anilines is 1. The maximum absolute atomic E-state index is 12.3. The summed E-state index contributed by atoms with van der Waals surface area (Å²) < 4.78 is 6.90. The molecule has 0 fully saturated rings. The van der Waals surface area contributed by atoms with E-state index in [4.69, 9.17) is 10.5 Å². The summed E-state index contributed by atoms with van der Waals surface area (Å²) in [6, 6.07) is 8.93. The van der Waals surface area contributed by atoms with Crippen LogP contribution in [0.15, 0.2) is 41.9 Å². The lowest BCUT2D eigenvalue weighted by molar-refractivity contribution is -0.119. The summed E-state index contributed by atoms with van der Waals surface area (Å²) in [6.07, 6.45) is 1.66. The van der Waals surface area contributed by atoms with Gasteiger partial charge in [-0.3, -0.25) is 9.59 Å². The van der Waals surface area contributed by atoms with Crippen LogP contribution < -0.4 is 11.1 Å². The Balaban J connectivity index is 1.66. The zero-order valence-electron chi connectivity index (χ0n) is 13.3. The van der Waals surface area contributed by atoms with E-state index < -0.39 is 24.4 Å². The predicted molar refractivity (Wildman–Crippen MR) is 94.7 cm³/mol. The zero-order chi connectivity index (χ0) is 18.0. The van der Waals surface area contributed by atoms with Crippen molar-refractivity contribution in [2.24, 2.45) is 12.8 Å². The molecule has 0 aliphatic carbocycles. The van der Waals surface area contributed by atoms with E-state index in [9.17, 15) is 14.4 Å². The Morgan fingerprint density at radius 1 is 1.20 bits per heavy atom. The lowest BCUT2D eigenvalue weighted by Gasteiger charge is -2.06. The van der Waals surface area contributed by atoms with Crippen molar-refractivity contribution >= 4 is 45.0 Å². The number of primary amides is 1. The molecule has 0 spiro atoms. The maximum atomic E-state index is 12.3. The van der Waals surface area contributed by atoms with Crippen molar-refractivity contribution in [3.63, 3.8) is 0 Å². The number of carbonyl (C=O) groups excluding carboxylic acids is 3. The van der Waals surface area contributed by atoms with Crippen LogP contribution in [0.2, 0.25) is 0 Å². The van der Waals surface area contributed by atoms with E-state index in [0.717, 1.165) is 10.9 Å². The summed E-state index contributed by atoms with van der Waals surface area (Å²) in [5.41, 5.74) is 6.72. The second kappa shape index (κ2) is 6.78. The van der Waals surface area contributed by atoms with Crippen LogP contribution in [0, 0.1) is 0 Å². The van der Waals surface area contributed by atoms with Crippen LogP contribution in [0.1, 0.15) is 20.7 Å². The summed E-state index contributed by atoms with van der Waals surface area (Å²) in [7, 11) is 1.83. The van der Waals surface area contributed by atoms with E-state index in [1.165, 1.54) is 17.4 Å². The first kappa shape index (κ1) is 16.7. The summed E-state index contributed by atoms with van der Waals surface area (Å²) in [5.74, 6) is -1.77. The molecular formula is C17H15N3O4S. The summed E-state index contributed by atoms with van der Waals surface area (Å²) in [5, 5.41) is 5.24. The van der Waals surface area contributed by atoms with Gasteiger partial charge in [-0.2, -0.15) is 0 Å². The molecule has 0 aliphatic heterocycles. The van der Waals surface area contributed by atoms with Crippen LogP contribution in [0.3, 0.4) is 0 Å². The maximum Gasteiger partial charge on any atom is 0.340 e. The fourth-order valence-electron chi connectivity index (χ4n) is 2.48. The van der Waals surface area contributed by atoms with Gasteiger partial charge < -0.3 is 20.4 Å². The first-order valence-corrected chi connectivity index (χ1v) is 8.23. The molecule has 3 aromatic rings. The lowest BCUT2D eigenvalue weighted by Crippen LogP contribution is -2.22. The van der Waals surface area contributed by atoms with E-state index in [0.29, 0.717) is 10.6 Å². The monoisotopic (exact) mass is 357 g/mol. The molecule has 8 heteroatoms. The Kier molecular flexibility index (Phi) is 4.53. The molecule has 1 aromatic carbocycles. The number of fused-ring (bicyclic) bond motifs is 1. The summed E-state index contributed by atoms with van der Waals surface area (Å²) in [6.45, 7) is -0.460. The van der Waals surface area contributed by atoms with E-state index in [2.05, 4.69) is 5.32 Å². The number of amides is 2. The quantitative estimate of drug-likeness (QED) is 0.683. The number of hydrogen-bond acceptors (Lipinski definition) is 5. The smallest absolute Gasteiger partial charge is 0.340 e. The Bertz CT molecular complexity index is 973. The lowest BCUT2D eigenvalue weighted by atomic mass is 10.2. The Labute approximate surface area is 147 Å². The van der Waals surface area contributed by atoms with Crippen molar-refractivity contribution < 1.29 is 19.1 Å². The van der Waals surface area contributed by atoms with Crippen LogP contribution in [0.25, 0.3) is 10.9 Å². The first-order valence-electron chi connectivity index (χ1n) is 7.35. The number of ether oxygens (including phenoxy) is 1. The van der Waals surface area contributed by atoms with Gasteiger partial charge in [0.15, 0.2) is 6.61 Å². The number of thiophene rings is 1. The van der Waals surface area contributed by atoms with Crippen LogP contribution in [-0.4, -0.2) is 29.0 Å². The average Bonchev–Trinajstić information content (AvgIpc) is 3.18. The number of rotatable bonds is 5. The molecule has 2 amide bonds. The van der Waals surface area contributed by atoms with Gasteiger partial charge in [0.25, 0.3) is 11.8 Å². The largest absolute Gasteiger partial charge is 0.452 e. The highest BCUT2D eigenvalue weighted by Gasteiger charge is 2.17. The van der Waals surface area contributed by atoms with Gasteiger partial charge in [0.2, 0.25) is 0 Å². The third-order valence-electron chi connectivity index (χ3n) is 3.63. The molecule has 0 radical (unpaired) electrons. The summed E-state index contributed by atoms with van der Waals surface area (Å²) in [4.78, 5) is 35.4. The van der Waals surface area contributed by atoms with E-state index in [-0.39, 0.29) is 5.56 Å². The SMILES string of the molecule is Cn1cc(C(=O)OCC(=O)Nc2sccc2C(N)=O)c2ccccc21. The molecule has 25 heavy (non-hydrogen) atoms. The fraction of sp³-hybridized carbons (Fsp3) is 0.118. The zero-order valence-corrected chi connectivity index (χ0v) is 14.1. The minimum atomic E-state index is -0.635. The Hall–Kier alpha value is -3.13. The van der Waals surface area contributed by atoms with Crippen molar-refractivity contribution in [2.45, 2.75) is 0 Å². The van der Waals surface area contributed by atoms with E-state index in [1.54, 1.807) is 11.6 Å². The molecule has 0 bridgehead atoms. The van der Waals surface area contributed by atoms with Gasteiger partial charge in [0.1, 0.15) is 5.00 Å². The van der Waals surface area contributed by atoms with Crippen molar-refractivity contribution in [3.8, 4) is 0 Å². The third kappa shape index (κ3) is 3.38. The molecule has 0 atom stereocenters. The van der Waals surface area contributed by atoms with Crippen molar-refractivity contribution in [1.82, 2.24) is 4.57 Å². The van der Waals surface area contributed by atoms with Crippen LogP contribution >= 0.6 is 11.3 Å². The van der Waals surface area contributed by atoms with Gasteiger partial charge in [-0.1, -0.05) is 18.2 Å². The average molecular weight is 357 g/mol. The van der Waals surface area contributed by atoms with Crippen molar-refractivity contribution in [3.05, 3.63) is 53.0 Å². The number of nitrogens with zero attached hydrogens (tertiary/aromatic N) is 1. The Morgan fingerprint density at radius 3 is 2.72 bits per heavy atom. The molecule has 3 rings (SSSR count). The number of para-hydroxylation sites is 1. The molecule has 0 unspecified atom stereocenters. The van der Waals surface area contributed by atoms with E-state index in [1.807, 2.05) is 35.9 Å². The molecule has 2 aromatic heterocycles. The molecular weight excluding hydrogens is 342 g/mol. The highest BCUT2D eigenvalue weighted by molar-refractivity contribution is 7.14. The van der Waals surface area contributed by atoms with Gasteiger partial charge in [-0.15, -0.1) is 11.3 Å². The highest BCUT2D eigenvalue weighted by Crippen LogP contribution is 2.23. The number of carbonyl (C=O) groups is 3. The number of hydrogen-bond donors (Lipinski definition) is 2. The van der Waals surface area contributed by atoms with Gasteiger partial charge in [-0.25, -0.2) is 4.79 Å². The van der Waals surface area contributed by atoms with Crippen molar-refractivity contribution in [2.75, 3.05) is 11.9 Å². The second-order valence-electron chi connectivity index (χ2n) is 5.32. The minimum Gasteiger partial charge on any atom is -0.452 e. The first-order chi connectivity index (χ1) is 12.0. The van der Waals surface area contributed by atoms with Gasteiger partial charge in [-0.05, 0) is 17.5 Å². The van der Waals surface area contributed by atoms with Gasteiger partial charge in [0, 0.05) is 24.1 Å². The second-order valence-corrected chi connectivity index (χ2v) is 6.24. The highest BCUT2D eigenvalue weighted by atomic mass is 32.1. The van der Waals surface area contributed by atoms with Crippen LogP contribution in [0.5, 0.6) is 0 Å². The van der Waals surface area contributed by atoms with Gasteiger partial charge in [0.05, 0.1) is 11.1 Å². The number of nitrogens with two attached hydrogens (primary N) is 1. The number of aryl methyl sites for hydroxylation is 1. The number of nitrogens with one attached hydrogen (secondary N) is 1. The molecule has 0 aliphatic rings. The minimum absolute atomic E-state index is 0.221. The molecule has 128 valence electrons. The standard InChI is InChI=1S/C17H15N3O4S/c1-20-8-12(10-4-2-3-5-13(10)20)17(23)24-9-14(21)19-16-11(15(18)22)6-7-25-16/h2-8H,9H2,1H3,(H2,18,22)(H,19,21). The van der Waals surface area contributed by atoms with Crippen molar-refractivity contribution in [1.29, 1.82) is 0 Å². The third-order valence-corrected chi connectivity index (χ3v) is 4.46. The normalized spacial score (nSPS) is 10.6.